The number of aromatic amines is 1. The van der Waals surface area contributed by atoms with Gasteiger partial charge in [0, 0.05) is 18.3 Å². The standard InChI is InChI=1S/C31H30F2N6O5/c1-30(28(41)42-15-19-2-3-19)16-43-31(26(34)40,44-17-30)27-38-24(20-6-10-22(33)11-7-20)25(39-27)23-12-13-35-29(37-23)36-14-18-4-8-21(32)9-5-18/h4-13,19H,2-3,14-17H2,1H3,(H2,34,40)(H,38,39)(H,35,36,37). The molecule has 13 heteroatoms. The predicted molar refractivity (Wildman–Crippen MR) is 153 cm³/mol. The van der Waals surface area contributed by atoms with Crippen LogP contribution >= 0.6 is 0 Å². The highest BCUT2D eigenvalue weighted by Crippen LogP contribution is 2.40. The van der Waals surface area contributed by atoms with Crippen molar-refractivity contribution >= 4 is 17.8 Å². The number of aromatic nitrogens is 4. The molecule has 228 valence electrons. The minimum Gasteiger partial charge on any atom is -0.465 e. The van der Waals surface area contributed by atoms with Gasteiger partial charge in [0.2, 0.25) is 5.95 Å². The number of esters is 1. The molecule has 0 radical (unpaired) electrons. The van der Waals surface area contributed by atoms with E-state index >= 15 is 0 Å². The van der Waals surface area contributed by atoms with E-state index in [1.807, 2.05) is 0 Å². The van der Waals surface area contributed by atoms with Crippen molar-refractivity contribution in [2.24, 2.45) is 17.1 Å². The lowest BCUT2D eigenvalue weighted by Crippen LogP contribution is -2.56. The third-order valence-corrected chi connectivity index (χ3v) is 7.56. The number of imidazole rings is 1. The van der Waals surface area contributed by atoms with Gasteiger partial charge in [0.15, 0.2) is 5.82 Å². The number of halogens is 2. The number of nitrogens with zero attached hydrogens (tertiary/aromatic N) is 3. The van der Waals surface area contributed by atoms with E-state index in [4.69, 9.17) is 19.9 Å². The van der Waals surface area contributed by atoms with Crippen LogP contribution in [0.25, 0.3) is 22.6 Å². The zero-order valence-electron chi connectivity index (χ0n) is 23.8. The summed E-state index contributed by atoms with van der Waals surface area (Å²) < 4.78 is 44.4. The first-order valence-electron chi connectivity index (χ1n) is 14.1. The van der Waals surface area contributed by atoms with Crippen molar-refractivity contribution in [1.82, 2.24) is 19.9 Å². The van der Waals surface area contributed by atoms with Crippen LogP contribution in [0.1, 0.15) is 31.2 Å². The molecule has 0 atom stereocenters. The molecule has 2 aliphatic rings. The molecule has 0 spiro atoms. The minimum absolute atomic E-state index is 0.0767. The number of anilines is 1. The van der Waals surface area contributed by atoms with Crippen molar-refractivity contribution in [3.05, 3.63) is 83.8 Å². The zero-order valence-corrected chi connectivity index (χ0v) is 23.8. The molecule has 2 fully saturated rings. The lowest BCUT2D eigenvalue weighted by atomic mass is 9.91. The second kappa shape index (κ2) is 11.7. The van der Waals surface area contributed by atoms with E-state index in [9.17, 15) is 18.4 Å². The van der Waals surface area contributed by atoms with Crippen LogP contribution in [0.15, 0.2) is 60.8 Å². The fraction of sp³-hybridized carbons (Fsp3) is 0.323. The molecule has 1 aliphatic heterocycles. The number of hydrogen-bond acceptors (Lipinski definition) is 9. The number of primary amides is 1. The molecular formula is C31H30F2N6O5. The number of nitrogens with one attached hydrogen (secondary N) is 2. The largest absolute Gasteiger partial charge is 0.465 e. The number of amides is 1. The highest BCUT2D eigenvalue weighted by molar-refractivity contribution is 5.85. The van der Waals surface area contributed by atoms with E-state index in [1.54, 1.807) is 25.1 Å². The Morgan fingerprint density at radius 1 is 1.02 bits per heavy atom. The van der Waals surface area contributed by atoms with Gasteiger partial charge in [-0.1, -0.05) is 12.1 Å². The van der Waals surface area contributed by atoms with Gasteiger partial charge in [-0.25, -0.2) is 23.7 Å². The molecule has 44 heavy (non-hydrogen) atoms. The Morgan fingerprint density at radius 3 is 2.32 bits per heavy atom. The Morgan fingerprint density at radius 2 is 1.68 bits per heavy atom. The average molecular weight is 605 g/mol. The summed E-state index contributed by atoms with van der Waals surface area (Å²) in [5.74, 6) is -3.84. The van der Waals surface area contributed by atoms with Gasteiger partial charge >= 0.3 is 11.8 Å². The highest BCUT2D eigenvalue weighted by atomic mass is 19.1. The Bertz CT molecular complexity index is 1670. The second-order valence-electron chi connectivity index (χ2n) is 11.2. The third-order valence-electron chi connectivity index (χ3n) is 7.56. The lowest BCUT2D eigenvalue weighted by Gasteiger charge is -2.40. The van der Waals surface area contributed by atoms with Gasteiger partial charge < -0.3 is 30.2 Å². The van der Waals surface area contributed by atoms with E-state index in [0.29, 0.717) is 41.7 Å². The van der Waals surface area contributed by atoms with E-state index in [2.05, 4.69) is 25.3 Å². The van der Waals surface area contributed by atoms with Crippen LogP contribution in [0, 0.1) is 23.0 Å². The first kappa shape index (κ1) is 29.3. The van der Waals surface area contributed by atoms with Crippen LogP contribution in [-0.4, -0.2) is 51.6 Å². The zero-order chi connectivity index (χ0) is 30.9. The SMILES string of the molecule is CC1(C(=O)OCC2CC2)COC(C(N)=O)(c2nc(-c3ccc(F)cc3)c(-c3ccnc(NCc4ccc(F)cc4)n3)[nH]2)OC1. The van der Waals surface area contributed by atoms with Gasteiger partial charge in [0.1, 0.15) is 17.0 Å². The fourth-order valence-corrected chi connectivity index (χ4v) is 4.67. The maximum Gasteiger partial charge on any atom is 0.316 e. The molecule has 3 heterocycles. The number of nitrogens with two attached hydrogens (primary N) is 1. The van der Waals surface area contributed by atoms with Crippen molar-refractivity contribution < 1.29 is 32.6 Å². The van der Waals surface area contributed by atoms with E-state index in [-0.39, 0.29) is 30.8 Å². The molecule has 1 saturated carbocycles. The quantitative estimate of drug-likeness (QED) is 0.227. The number of H-pyrrole nitrogens is 1. The summed E-state index contributed by atoms with van der Waals surface area (Å²) in [6.45, 7) is 1.86. The monoisotopic (exact) mass is 604 g/mol. The topological polar surface area (TPSA) is 154 Å². The van der Waals surface area contributed by atoms with E-state index in [1.165, 1.54) is 42.6 Å². The predicted octanol–water partition coefficient (Wildman–Crippen LogP) is 4.07. The number of rotatable bonds is 10. The molecule has 1 aliphatic carbocycles. The van der Waals surface area contributed by atoms with E-state index < -0.39 is 28.9 Å². The number of ether oxygens (including phenoxy) is 3. The van der Waals surface area contributed by atoms with Crippen molar-refractivity contribution in [2.45, 2.75) is 32.1 Å². The third kappa shape index (κ3) is 6.01. The van der Waals surface area contributed by atoms with Crippen LogP contribution < -0.4 is 11.1 Å². The van der Waals surface area contributed by atoms with Crippen LogP contribution in [0.5, 0.6) is 0 Å². The van der Waals surface area contributed by atoms with Gasteiger partial charge in [-0.05, 0) is 73.7 Å². The summed E-state index contributed by atoms with van der Waals surface area (Å²) in [5, 5.41) is 3.10. The normalized spacial score (nSPS) is 21.5. The minimum atomic E-state index is -2.15. The molecule has 0 unspecified atom stereocenters. The summed E-state index contributed by atoms with van der Waals surface area (Å²) >= 11 is 0. The van der Waals surface area contributed by atoms with Gasteiger partial charge in [-0.2, -0.15) is 0 Å². The molecular weight excluding hydrogens is 574 g/mol. The van der Waals surface area contributed by atoms with Gasteiger partial charge in [-0.15, -0.1) is 0 Å². The number of benzene rings is 2. The first-order valence-corrected chi connectivity index (χ1v) is 14.1. The second-order valence-corrected chi connectivity index (χ2v) is 11.2. The van der Waals surface area contributed by atoms with Crippen molar-refractivity contribution in [3.63, 3.8) is 0 Å². The average Bonchev–Trinajstić information content (AvgIpc) is 3.76. The molecule has 2 aromatic carbocycles. The van der Waals surface area contributed by atoms with Crippen molar-refractivity contribution in [1.29, 1.82) is 0 Å². The maximum absolute atomic E-state index is 13.8. The molecule has 1 amide bonds. The van der Waals surface area contributed by atoms with Crippen LogP contribution in [0.4, 0.5) is 14.7 Å². The molecule has 0 bridgehead atoms. The summed E-state index contributed by atoms with van der Waals surface area (Å²) in [6.07, 6.45) is 3.58. The Hall–Kier alpha value is -4.75. The summed E-state index contributed by atoms with van der Waals surface area (Å²) in [4.78, 5) is 42.3. The maximum atomic E-state index is 13.8. The van der Waals surface area contributed by atoms with Crippen molar-refractivity contribution in [2.75, 3.05) is 25.1 Å². The van der Waals surface area contributed by atoms with Gasteiger partial charge in [0.05, 0.1) is 36.9 Å². The summed E-state index contributed by atoms with van der Waals surface area (Å²) in [6, 6.07) is 13.2. The highest BCUT2D eigenvalue weighted by Gasteiger charge is 2.54. The number of hydrogen-bond donors (Lipinski definition) is 3. The van der Waals surface area contributed by atoms with Crippen molar-refractivity contribution in [3.8, 4) is 22.6 Å². The molecule has 1 saturated heterocycles. The first-order chi connectivity index (χ1) is 21.1. The van der Waals surface area contributed by atoms with E-state index in [0.717, 1.165) is 18.4 Å². The molecule has 2 aromatic heterocycles. The van der Waals surface area contributed by atoms with Crippen LogP contribution in [0.3, 0.4) is 0 Å². The smallest absolute Gasteiger partial charge is 0.316 e. The molecule has 11 nitrogen and oxygen atoms in total. The Balaban J connectivity index is 1.31. The number of carbonyl (C=O) groups excluding carboxylic acids is 2. The Labute approximate surface area is 251 Å². The molecule has 4 aromatic rings. The fourth-order valence-electron chi connectivity index (χ4n) is 4.67. The van der Waals surface area contributed by atoms with Crippen LogP contribution in [0.2, 0.25) is 0 Å². The number of carbonyl (C=O) groups is 2. The molecule has 6 rings (SSSR count). The lowest BCUT2D eigenvalue weighted by molar-refractivity contribution is -0.293. The Kier molecular flexibility index (Phi) is 7.82. The van der Waals surface area contributed by atoms with Crippen LogP contribution in [-0.2, 0) is 36.1 Å². The molecule has 4 N–H and O–H groups in total. The van der Waals surface area contributed by atoms with Gasteiger partial charge in [-0.3, -0.25) is 9.59 Å². The summed E-state index contributed by atoms with van der Waals surface area (Å²) in [5.41, 5.74) is 7.01. The van der Waals surface area contributed by atoms with Gasteiger partial charge in [0.25, 0.3) is 5.91 Å². The summed E-state index contributed by atoms with van der Waals surface area (Å²) in [7, 11) is 0.